The van der Waals surface area contributed by atoms with Crippen LogP contribution in [0.2, 0.25) is 0 Å². The van der Waals surface area contributed by atoms with Gasteiger partial charge in [0.05, 0.1) is 11.5 Å². The predicted octanol–water partition coefficient (Wildman–Crippen LogP) is 4.64. The molecule has 1 saturated carbocycles. The highest BCUT2D eigenvalue weighted by molar-refractivity contribution is 6.30. The second-order valence-electron chi connectivity index (χ2n) is 6.24. The topological polar surface area (TPSA) is 39.2 Å². The van der Waals surface area contributed by atoms with Crippen molar-refractivity contribution in [3.63, 3.8) is 0 Å². The zero-order valence-corrected chi connectivity index (χ0v) is 14.0. The number of ether oxygens (including phenoxy) is 1. The van der Waals surface area contributed by atoms with Gasteiger partial charge in [-0.05, 0) is 11.3 Å². The Morgan fingerprint density at radius 2 is 1.69 bits per heavy atom. The first kappa shape index (κ1) is 20.5. The van der Waals surface area contributed by atoms with Gasteiger partial charge < -0.3 is 4.74 Å². The molecule has 0 radical (unpaired) electrons. The summed E-state index contributed by atoms with van der Waals surface area (Å²) in [6.07, 6.45) is -4.13. The van der Waals surface area contributed by atoms with Crippen molar-refractivity contribution in [1.82, 2.24) is 4.98 Å². The molecule has 0 amide bonds. The van der Waals surface area contributed by atoms with E-state index in [9.17, 15) is 35.5 Å². The molecule has 0 spiro atoms. The number of halogens is 8. The molecule has 26 heavy (non-hydrogen) atoms. The number of nitrogens with zero attached hydrogens (tertiary/aromatic N) is 1. The number of pyridine rings is 1. The van der Waals surface area contributed by atoms with Crippen LogP contribution in [0.3, 0.4) is 0 Å². The number of rotatable bonds is 4. The molecular weight excluding hydrogens is 395 g/mol. The largest absolute Gasteiger partial charge is 0.460 e. The van der Waals surface area contributed by atoms with E-state index in [0.29, 0.717) is 6.08 Å². The fourth-order valence-corrected chi connectivity index (χ4v) is 2.72. The number of hydrogen-bond donors (Lipinski definition) is 0. The minimum atomic E-state index is -4.78. The van der Waals surface area contributed by atoms with Crippen molar-refractivity contribution in [3.05, 3.63) is 40.2 Å². The normalized spacial score (nSPS) is 22.3. The van der Waals surface area contributed by atoms with E-state index in [4.69, 9.17) is 11.6 Å². The van der Waals surface area contributed by atoms with Crippen LogP contribution in [0.25, 0.3) is 0 Å². The van der Waals surface area contributed by atoms with E-state index in [0.717, 1.165) is 0 Å². The molecule has 1 aliphatic rings. The minimum absolute atomic E-state index is 0.653. The quantitative estimate of drug-likeness (QED) is 0.416. The molecule has 2 rings (SSSR count). The SMILES string of the molecule is CC1(C)C(C=C(Cl)C(F)(F)F)C1C(=O)OCc1c(F)c(F)nc(F)c1F. The van der Waals surface area contributed by atoms with Crippen LogP contribution in [0.15, 0.2) is 11.1 Å². The van der Waals surface area contributed by atoms with E-state index in [2.05, 4.69) is 9.72 Å². The van der Waals surface area contributed by atoms with Gasteiger partial charge in [-0.25, -0.2) is 8.78 Å². The molecule has 1 aliphatic carbocycles. The minimum Gasteiger partial charge on any atom is -0.460 e. The summed E-state index contributed by atoms with van der Waals surface area (Å²) in [6, 6.07) is 0. The fourth-order valence-electron chi connectivity index (χ4n) is 2.58. The number of esters is 1. The maximum absolute atomic E-state index is 13.5. The molecule has 3 nitrogen and oxygen atoms in total. The first-order chi connectivity index (χ1) is 11.8. The molecule has 0 aromatic carbocycles. The number of aromatic nitrogens is 1. The van der Waals surface area contributed by atoms with Crippen LogP contribution < -0.4 is 0 Å². The molecule has 2 unspecified atom stereocenters. The summed E-state index contributed by atoms with van der Waals surface area (Å²) in [5.41, 5.74) is -2.14. The molecule has 0 aliphatic heterocycles. The van der Waals surface area contributed by atoms with Crippen LogP contribution in [0.1, 0.15) is 19.4 Å². The second-order valence-corrected chi connectivity index (χ2v) is 6.65. The summed E-state index contributed by atoms with van der Waals surface area (Å²) in [7, 11) is 0. The zero-order valence-electron chi connectivity index (χ0n) is 13.2. The first-order valence-corrected chi connectivity index (χ1v) is 7.46. The van der Waals surface area contributed by atoms with Gasteiger partial charge in [0.15, 0.2) is 11.6 Å². The van der Waals surface area contributed by atoms with Crippen molar-refractivity contribution >= 4 is 17.6 Å². The second kappa shape index (κ2) is 6.71. The van der Waals surface area contributed by atoms with E-state index in [1.165, 1.54) is 13.8 Å². The third kappa shape index (κ3) is 3.79. The number of allylic oxidation sites excluding steroid dienone is 2. The molecule has 11 heteroatoms. The molecule has 144 valence electrons. The highest BCUT2D eigenvalue weighted by Crippen LogP contribution is 2.60. The van der Waals surface area contributed by atoms with E-state index < -0.39 is 70.1 Å². The lowest BCUT2D eigenvalue weighted by Gasteiger charge is -2.08. The summed E-state index contributed by atoms with van der Waals surface area (Å²) in [5.74, 6) is -10.6. The lowest BCUT2D eigenvalue weighted by molar-refractivity contribution is -0.147. The molecule has 1 aromatic heterocycles. The first-order valence-electron chi connectivity index (χ1n) is 7.08. The van der Waals surface area contributed by atoms with E-state index in [1.807, 2.05) is 0 Å². The third-order valence-corrected chi connectivity index (χ3v) is 4.55. The maximum atomic E-state index is 13.5. The average Bonchev–Trinajstić information content (AvgIpc) is 3.04. The molecular formula is C15H11ClF7NO2. The Hall–Kier alpha value is -1.84. The van der Waals surface area contributed by atoms with Gasteiger partial charge in [0.2, 0.25) is 0 Å². The van der Waals surface area contributed by atoms with Crippen LogP contribution in [0, 0.1) is 40.8 Å². The monoisotopic (exact) mass is 405 g/mol. The predicted molar refractivity (Wildman–Crippen MR) is 74.6 cm³/mol. The molecule has 1 aromatic rings. The van der Waals surface area contributed by atoms with E-state index in [1.54, 1.807) is 0 Å². The van der Waals surface area contributed by atoms with Crippen LogP contribution in [-0.2, 0) is 16.1 Å². The van der Waals surface area contributed by atoms with Gasteiger partial charge in [0, 0.05) is 0 Å². The van der Waals surface area contributed by atoms with Crippen LogP contribution >= 0.6 is 11.6 Å². The Kier molecular flexibility index (Phi) is 5.29. The molecule has 0 saturated heterocycles. The van der Waals surface area contributed by atoms with Gasteiger partial charge in [-0.15, -0.1) is 0 Å². The zero-order chi connectivity index (χ0) is 20.0. The van der Waals surface area contributed by atoms with Crippen molar-refractivity contribution in [2.24, 2.45) is 17.3 Å². The lowest BCUT2D eigenvalue weighted by atomic mass is 10.1. The summed E-state index contributed by atoms with van der Waals surface area (Å²) in [4.78, 5) is 14.4. The number of carbonyl (C=O) groups is 1. The molecule has 1 fully saturated rings. The lowest BCUT2D eigenvalue weighted by Crippen LogP contribution is -2.14. The third-order valence-electron chi connectivity index (χ3n) is 4.21. The van der Waals surface area contributed by atoms with Crippen LogP contribution in [0.5, 0.6) is 0 Å². The summed E-state index contributed by atoms with van der Waals surface area (Å²) in [5, 5.41) is -1.42. The Morgan fingerprint density at radius 3 is 2.15 bits per heavy atom. The van der Waals surface area contributed by atoms with Crippen molar-refractivity contribution in [3.8, 4) is 0 Å². The van der Waals surface area contributed by atoms with Gasteiger partial charge in [0.1, 0.15) is 11.6 Å². The van der Waals surface area contributed by atoms with Crippen LogP contribution in [-0.4, -0.2) is 17.1 Å². The van der Waals surface area contributed by atoms with Gasteiger partial charge in [-0.1, -0.05) is 31.5 Å². The van der Waals surface area contributed by atoms with Crippen molar-refractivity contribution < 1.29 is 40.3 Å². The van der Waals surface area contributed by atoms with Crippen LogP contribution in [0.4, 0.5) is 30.7 Å². The Bertz CT molecular complexity index is 750. The average molecular weight is 406 g/mol. The molecule has 2 atom stereocenters. The van der Waals surface area contributed by atoms with Gasteiger partial charge in [-0.3, -0.25) is 4.79 Å². The molecule has 0 bridgehead atoms. The van der Waals surface area contributed by atoms with Gasteiger partial charge >= 0.3 is 12.1 Å². The Labute approximate surface area is 147 Å². The van der Waals surface area contributed by atoms with Crippen molar-refractivity contribution in [1.29, 1.82) is 0 Å². The van der Waals surface area contributed by atoms with Gasteiger partial charge in [0.25, 0.3) is 11.9 Å². The van der Waals surface area contributed by atoms with E-state index >= 15 is 0 Å². The summed E-state index contributed by atoms with van der Waals surface area (Å²) < 4.78 is 94.9. The van der Waals surface area contributed by atoms with Crippen molar-refractivity contribution in [2.45, 2.75) is 26.6 Å². The number of alkyl halides is 3. The van der Waals surface area contributed by atoms with Gasteiger partial charge in [-0.2, -0.15) is 26.9 Å². The molecule has 0 N–H and O–H groups in total. The standard InChI is InChI=1S/C15H11ClF7NO2/c1-14(2)6(3-7(16)15(21,22)23)8(14)13(25)26-4-5-9(17)11(19)24-12(20)10(5)18/h3,6,8H,4H2,1-2H3. The maximum Gasteiger partial charge on any atom is 0.426 e. The summed E-state index contributed by atoms with van der Waals surface area (Å²) >= 11 is 5.13. The Morgan fingerprint density at radius 1 is 1.19 bits per heavy atom. The highest BCUT2D eigenvalue weighted by atomic mass is 35.5. The Balaban J connectivity index is 2.13. The number of carbonyl (C=O) groups excluding carboxylic acids is 1. The smallest absolute Gasteiger partial charge is 0.426 e. The summed E-state index contributed by atoms with van der Waals surface area (Å²) in [6.45, 7) is 1.78. The highest BCUT2D eigenvalue weighted by Gasteiger charge is 2.62. The van der Waals surface area contributed by atoms with E-state index in [-0.39, 0.29) is 0 Å². The number of hydrogen-bond acceptors (Lipinski definition) is 3. The molecule has 1 heterocycles. The van der Waals surface area contributed by atoms with Crippen molar-refractivity contribution in [2.75, 3.05) is 0 Å². The fraction of sp³-hybridized carbons (Fsp3) is 0.467.